The van der Waals surface area contributed by atoms with Crippen LogP contribution in [0.5, 0.6) is 11.6 Å². The first-order valence-electron chi connectivity index (χ1n) is 5.78. The van der Waals surface area contributed by atoms with E-state index < -0.39 is 5.82 Å². The van der Waals surface area contributed by atoms with Gasteiger partial charge in [0.05, 0.1) is 15.9 Å². The second-order valence-corrected chi connectivity index (χ2v) is 4.49. The number of rotatable bonds is 2. The van der Waals surface area contributed by atoms with Gasteiger partial charge >= 0.3 is 0 Å². The van der Waals surface area contributed by atoms with Gasteiger partial charge in [-0.2, -0.15) is 4.98 Å². The van der Waals surface area contributed by atoms with E-state index in [1.54, 1.807) is 6.07 Å². The van der Waals surface area contributed by atoms with Gasteiger partial charge in [0.1, 0.15) is 11.6 Å². The zero-order valence-corrected chi connectivity index (χ0v) is 10.9. The fourth-order valence-electron chi connectivity index (χ4n) is 1.79. The van der Waals surface area contributed by atoms with Crippen LogP contribution in [-0.2, 0) is 0 Å². The molecule has 0 amide bonds. The largest absolute Gasteiger partial charge is 0.438 e. The summed E-state index contributed by atoms with van der Waals surface area (Å²) in [5.74, 6) is 0.272. The number of nitrogens with zero attached hydrogens (tertiary/aromatic N) is 2. The Morgan fingerprint density at radius 3 is 2.70 bits per heavy atom. The van der Waals surface area contributed by atoms with Crippen LogP contribution in [0.1, 0.15) is 0 Å². The van der Waals surface area contributed by atoms with Gasteiger partial charge in [0.2, 0.25) is 11.8 Å². The van der Waals surface area contributed by atoms with Crippen molar-refractivity contribution in [3.8, 4) is 11.6 Å². The standard InChI is InChI=1S/C14H9ClFN3O/c15-10-7-8(5-6-11(10)16)20-13-9-3-1-2-4-12(9)18-14(17)19-13/h1-7H,(H2,17,18,19). The molecule has 0 spiro atoms. The van der Waals surface area contributed by atoms with Crippen molar-refractivity contribution >= 4 is 28.5 Å². The molecule has 0 unspecified atom stereocenters. The number of benzene rings is 2. The lowest BCUT2D eigenvalue weighted by Gasteiger charge is -2.08. The number of anilines is 1. The number of fused-ring (bicyclic) bond motifs is 1. The van der Waals surface area contributed by atoms with E-state index >= 15 is 0 Å². The molecule has 0 bridgehead atoms. The summed E-state index contributed by atoms with van der Waals surface area (Å²) < 4.78 is 18.7. The highest BCUT2D eigenvalue weighted by Crippen LogP contribution is 2.29. The summed E-state index contributed by atoms with van der Waals surface area (Å²) in [6.45, 7) is 0. The molecule has 3 aromatic rings. The Morgan fingerprint density at radius 1 is 1.10 bits per heavy atom. The van der Waals surface area contributed by atoms with Crippen LogP contribution >= 0.6 is 11.6 Å². The number of hydrogen-bond donors (Lipinski definition) is 1. The number of nitrogens with two attached hydrogens (primary N) is 1. The highest BCUT2D eigenvalue weighted by molar-refractivity contribution is 6.30. The molecule has 0 fully saturated rings. The molecule has 0 saturated heterocycles. The van der Waals surface area contributed by atoms with E-state index in [1.165, 1.54) is 18.2 Å². The molecule has 0 saturated carbocycles. The van der Waals surface area contributed by atoms with E-state index in [1.807, 2.05) is 18.2 Å². The van der Waals surface area contributed by atoms with Crippen LogP contribution in [0.4, 0.5) is 10.3 Å². The Morgan fingerprint density at radius 2 is 1.90 bits per heavy atom. The number of halogens is 2. The van der Waals surface area contributed by atoms with Crippen molar-refractivity contribution in [1.29, 1.82) is 0 Å². The van der Waals surface area contributed by atoms with Gasteiger partial charge in [-0.3, -0.25) is 0 Å². The molecule has 0 aliphatic rings. The van der Waals surface area contributed by atoms with Crippen molar-refractivity contribution in [2.45, 2.75) is 0 Å². The van der Waals surface area contributed by atoms with E-state index in [9.17, 15) is 4.39 Å². The van der Waals surface area contributed by atoms with Crippen molar-refractivity contribution < 1.29 is 9.13 Å². The van der Waals surface area contributed by atoms with Crippen LogP contribution in [0.3, 0.4) is 0 Å². The molecule has 3 rings (SSSR count). The predicted molar refractivity (Wildman–Crippen MR) is 75.4 cm³/mol. The minimum atomic E-state index is -0.508. The number of nitrogen functional groups attached to an aromatic ring is 1. The van der Waals surface area contributed by atoms with Crippen LogP contribution in [0, 0.1) is 5.82 Å². The zero-order chi connectivity index (χ0) is 14.1. The third kappa shape index (κ3) is 2.35. The maximum absolute atomic E-state index is 13.1. The lowest BCUT2D eigenvalue weighted by Crippen LogP contribution is -1.98. The fraction of sp³-hybridized carbons (Fsp3) is 0. The number of para-hydroxylation sites is 1. The first-order valence-corrected chi connectivity index (χ1v) is 6.16. The van der Waals surface area contributed by atoms with Gasteiger partial charge in [-0.15, -0.1) is 0 Å². The zero-order valence-electron chi connectivity index (χ0n) is 10.2. The number of aromatic nitrogens is 2. The molecule has 1 aromatic heterocycles. The maximum atomic E-state index is 13.1. The molecule has 0 aliphatic heterocycles. The molecule has 20 heavy (non-hydrogen) atoms. The van der Waals surface area contributed by atoms with Crippen molar-refractivity contribution in [2.75, 3.05) is 5.73 Å². The Labute approximate surface area is 119 Å². The van der Waals surface area contributed by atoms with Crippen LogP contribution < -0.4 is 10.5 Å². The summed E-state index contributed by atoms with van der Waals surface area (Å²) >= 11 is 5.72. The van der Waals surface area contributed by atoms with E-state index in [0.717, 1.165) is 0 Å². The van der Waals surface area contributed by atoms with E-state index in [-0.39, 0.29) is 11.0 Å². The summed E-state index contributed by atoms with van der Waals surface area (Å²) in [6.07, 6.45) is 0. The monoisotopic (exact) mass is 289 g/mol. The highest BCUT2D eigenvalue weighted by atomic mass is 35.5. The van der Waals surface area contributed by atoms with Crippen LogP contribution in [0.2, 0.25) is 5.02 Å². The van der Waals surface area contributed by atoms with Crippen molar-refractivity contribution in [3.63, 3.8) is 0 Å². The molecule has 100 valence electrons. The first-order chi connectivity index (χ1) is 9.63. The Kier molecular flexibility index (Phi) is 3.12. The summed E-state index contributed by atoms with van der Waals surface area (Å²) in [7, 11) is 0. The summed E-state index contributed by atoms with van der Waals surface area (Å²) in [4.78, 5) is 8.17. The minimum absolute atomic E-state index is 0.0196. The van der Waals surface area contributed by atoms with Gasteiger partial charge in [0.15, 0.2) is 0 Å². The van der Waals surface area contributed by atoms with Gasteiger partial charge in [-0.1, -0.05) is 23.7 Å². The van der Waals surface area contributed by atoms with Crippen LogP contribution in [0.15, 0.2) is 42.5 Å². The lowest BCUT2D eigenvalue weighted by atomic mass is 10.2. The highest BCUT2D eigenvalue weighted by Gasteiger charge is 2.09. The Balaban J connectivity index is 2.07. The van der Waals surface area contributed by atoms with Crippen LogP contribution in [0.25, 0.3) is 10.9 Å². The van der Waals surface area contributed by atoms with Crippen molar-refractivity contribution in [1.82, 2.24) is 9.97 Å². The smallest absolute Gasteiger partial charge is 0.231 e. The fourth-order valence-corrected chi connectivity index (χ4v) is 1.96. The number of hydrogen-bond acceptors (Lipinski definition) is 4. The second-order valence-electron chi connectivity index (χ2n) is 4.08. The molecule has 1 heterocycles. The maximum Gasteiger partial charge on any atom is 0.231 e. The minimum Gasteiger partial charge on any atom is -0.438 e. The van der Waals surface area contributed by atoms with Crippen LogP contribution in [-0.4, -0.2) is 9.97 Å². The van der Waals surface area contributed by atoms with Gasteiger partial charge in [0, 0.05) is 6.07 Å². The second kappa shape index (κ2) is 4.94. The number of ether oxygens (including phenoxy) is 1. The molecule has 4 nitrogen and oxygen atoms in total. The summed E-state index contributed by atoms with van der Waals surface area (Å²) in [5, 5.41) is 0.691. The van der Waals surface area contributed by atoms with Crippen molar-refractivity contribution in [3.05, 3.63) is 53.3 Å². The summed E-state index contributed by atoms with van der Waals surface area (Å²) in [5.41, 5.74) is 6.31. The molecular formula is C14H9ClFN3O. The summed E-state index contributed by atoms with van der Waals surface area (Å²) in [6, 6.07) is 11.4. The van der Waals surface area contributed by atoms with Gasteiger partial charge in [-0.25, -0.2) is 9.37 Å². The molecule has 6 heteroatoms. The van der Waals surface area contributed by atoms with E-state index in [4.69, 9.17) is 22.1 Å². The average molecular weight is 290 g/mol. The van der Waals surface area contributed by atoms with E-state index in [2.05, 4.69) is 9.97 Å². The molecular weight excluding hydrogens is 281 g/mol. The SMILES string of the molecule is Nc1nc(Oc2ccc(F)c(Cl)c2)c2ccccc2n1. The Hall–Kier alpha value is -2.40. The van der Waals surface area contributed by atoms with Gasteiger partial charge in [-0.05, 0) is 24.3 Å². The van der Waals surface area contributed by atoms with E-state index in [0.29, 0.717) is 22.5 Å². The van der Waals surface area contributed by atoms with Crippen molar-refractivity contribution in [2.24, 2.45) is 0 Å². The van der Waals surface area contributed by atoms with Gasteiger partial charge < -0.3 is 10.5 Å². The normalized spacial score (nSPS) is 10.7. The molecule has 0 radical (unpaired) electrons. The average Bonchev–Trinajstić information content (AvgIpc) is 2.43. The predicted octanol–water partition coefficient (Wildman–Crippen LogP) is 3.80. The third-order valence-electron chi connectivity index (χ3n) is 2.69. The lowest BCUT2D eigenvalue weighted by molar-refractivity contribution is 0.467. The molecule has 0 aliphatic carbocycles. The molecule has 0 atom stereocenters. The Bertz CT molecular complexity index is 794. The third-order valence-corrected chi connectivity index (χ3v) is 2.98. The topological polar surface area (TPSA) is 61.0 Å². The molecule has 2 aromatic carbocycles. The first kappa shape index (κ1) is 12.6. The van der Waals surface area contributed by atoms with Gasteiger partial charge in [0.25, 0.3) is 0 Å². The molecule has 2 N–H and O–H groups in total. The quantitative estimate of drug-likeness (QED) is 0.779.